The molecule has 2 aromatic rings. The minimum Gasteiger partial charge on any atom is -0.480 e. The number of carbonyl (C=O) groups is 2. The second-order valence-corrected chi connectivity index (χ2v) is 6.01. The Morgan fingerprint density at radius 2 is 2.00 bits per heavy atom. The van der Waals surface area contributed by atoms with Crippen molar-refractivity contribution in [1.82, 2.24) is 0 Å². The second kappa shape index (κ2) is 6.99. The predicted molar refractivity (Wildman–Crippen MR) is 95.7 cm³/mol. The Labute approximate surface area is 150 Å². The van der Waals surface area contributed by atoms with E-state index in [-0.39, 0.29) is 12.2 Å². The lowest BCUT2D eigenvalue weighted by Gasteiger charge is -2.34. The number of benzene rings is 2. The first-order valence-corrected chi connectivity index (χ1v) is 8.19. The van der Waals surface area contributed by atoms with Crippen LogP contribution in [-0.2, 0) is 9.59 Å². The van der Waals surface area contributed by atoms with Crippen molar-refractivity contribution in [3.63, 3.8) is 0 Å². The third-order valence-electron chi connectivity index (χ3n) is 3.91. The fourth-order valence-electron chi connectivity index (χ4n) is 2.72. The number of hydrogen-bond donors (Lipinski definition) is 1. The fourth-order valence-corrected chi connectivity index (χ4v) is 2.89. The van der Waals surface area contributed by atoms with Gasteiger partial charge in [0, 0.05) is 5.02 Å². The van der Waals surface area contributed by atoms with Gasteiger partial charge in [-0.15, -0.1) is 0 Å². The molecular weight excluding hydrogens is 342 g/mol. The maximum absolute atomic E-state index is 12.9. The van der Waals surface area contributed by atoms with Crippen LogP contribution >= 0.6 is 11.6 Å². The molecule has 1 aliphatic heterocycles. The number of nitrogens with zero attached hydrogens (tertiary/aromatic N) is 1. The van der Waals surface area contributed by atoms with Crippen LogP contribution in [0.4, 0.5) is 5.69 Å². The summed E-state index contributed by atoms with van der Waals surface area (Å²) in [6.07, 6.45) is 1.85. The van der Waals surface area contributed by atoms with E-state index in [0.29, 0.717) is 16.5 Å². The van der Waals surface area contributed by atoms with Crippen molar-refractivity contribution in [3.8, 4) is 5.75 Å². The molecule has 0 bridgehead atoms. The molecule has 0 saturated heterocycles. The zero-order valence-electron chi connectivity index (χ0n) is 13.5. The van der Waals surface area contributed by atoms with Gasteiger partial charge in [0.05, 0.1) is 5.69 Å². The van der Waals surface area contributed by atoms with E-state index in [9.17, 15) is 14.7 Å². The number of ether oxygens (including phenoxy) is 1. The second-order valence-electron chi connectivity index (χ2n) is 5.57. The average molecular weight is 358 g/mol. The van der Waals surface area contributed by atoms with Crippen molar-refractivity contribution in [2.24, 2.45) is 0 Å². The van der Waals surface area contributed by atoms with Gasteiger partial charge >= 0.3 is 5.97 Å². The molecule has 2 aromatic carbocycles. The Morgan fingerprint density at radius 1 is 1.28 bits per heavy atom. The quantitative estimate of drug-likeness (QED) is 0.841. The molecule has 1 N–H and O–H groups in total. The predicted octanol–water partition coefficient (Wildman–Crippen LogP) is 3.97. The molecule has 0 fully saturated rings. The van der Waals surface area contributed by atoms with Gasteiger partial charge in [-0.3, -0.25) is 9.69 Å². The summed E-state index contributed by atoms with van der Waals surface area (Å²) in [6, 6.07) is 13.0. The van der Waals surface area contributed by atoms with Crippen molar-refractivity contribution in [2.75, 3.05) is 4.90 Å². The van der Waals surface area contributed by atoms with Gasteiger partial charge in [0.15, 0.2) is 11.5 Å². The minimum atomic E-state index is -1.08. The Morgan fingerprint density at radius 3 is 2.64 bits per heavy atom. The van der Waals surface area contributed by atoms with Gasteiger partial charge in [0.2, 0.25) is 0 Å². The monoisotopic (exact) mass is 357 g/mol. The first kappa shape index (κ1) is 17.0. The molecule has 5 nitrogen and oxygen atoms in total. The molecule has 0 saturated carbocycles. The zero-order chi connectivity index (χ0) is 18.0. The number of carboxylic acid groups (broad SMARTS) is 1. The molecule has 128 valence electrons. The van der Waals surface area contributed by atoms with E-state index in [0.717, 1.165) is 5.56 Å². The largest absolute Gasteiger partial charge is 0.480 e. The van der Waals surface area contributed by atoms with Gasteiger partial charge in [-0.1, -0.05) is 48.9 Å². The van der Waals surface area contributed by atoms with Crippen LogP contribution in [0.5, 0.6) is 5.75 Å². The molecule has 0 radical (unpaired) electrons. The third-order valence-corrected chi connectivity index (χ3v) is 4.15. The number of aliphatic carboxylic acids is 1. The van der Waals surface area contributed by atoms with Gasteiger partial charge in [0.1, 0.15) is 6.04 Å². The molecule has 1 atom stereocenters. The normalized spacial score (nSPS) is 16.3. The van der Waals surface area contributed by atoms with E-state index < -0.39 is 17.9 Å². The highest BCUT2D eigenvalue weighted by molar-refractivity contribution is 6.31. The van der Waals surface area contributed by atoms with E-state index in [1.54, 1.807) is 31.2 Å². The lowest BCUT2D eigenvalue weighted by Crippen LogP contribution is -2.48. The van der Waals surface area contributed by atoms with E-state index >= 15 is 0 Å². The molecule has 3 rings (SSSR count). The van der Waals surface area contributed by atoms with Gasteiger partial charge in [-0.05, 0) is 36.3 Å². The first-order valence-electron chi connectivity index (χ1n) is 7.81. The van der Waals surface area contributed by atoms with Crippen LogP contribution in [0.3, 0.4) is 0 Å². The lowest BCUT2D eigenvalue weighted by molar-refractivity contribution is -0.140. The number of halogens is 1. The van der Waals surface area contributed by atoms with Gasteiger partial charge in [-0.25, -0.2) is 4.79 Å². The maximum atomic E-state index is 12.9. The molecule has 1 amide bonds. The van der Waals surface area contributed by atoms with Crippen molar-refractivity contribution in [3.05, 3.63) is 64.9 Å². The fraction of sp³-hybridized carbons (Fsp3) is 0.158. The number of anilines is 1. The topological polar surface area (TPSA) is 66.8 Å². The number of carbonyl (C=O) groups excluding carboxylic acids is 1. The average Bonchev–Trinajstić information content (AvgIpc) is 2.59. The zero-order valence-corrected chi connectivity index (χ0v) is 14.2. The van der Waals surface area contributed by atoms with Crippen LogP contribution in [0.1, 0.15) is 18.9 Å². The summed E-state index contributed by atoms with van der Waals surface area (Å²) in [5, 5.41) is 9.93. The van der Waals surface area contributed by atoms with Crippen molar-refractivity contribution in [1.29, 1.82) is 0 Å². The van der Waals surface area contributed by atoms with Crippen LogP contribution in [-0.4, -0.2) is 23.0 Å². The Kier molecular flexibility index (Phi) is 4.76. The summed E-state index contributed by atoms with van der Waals surface area (Å²) in [4.78, 5) is 25.8. The van der Waals surface area contributed by atoms with E-state index in [2.05, 4.69) is 0 Å². The molecule has 0 aliphatic carbocycles. The number of amides is 1. The van der Waals surface area contributed by atoms with Crippen molar-refractivity contribution < 1.29 is 19.4 Å². The van der Waals surface area contributed by atoms with Crippen molar-refractivity contribution >= 4 is 35.2 Å². The van der Waals surface area contributed by atoms with Crippen molar-refractivity contribution in [2.45, 2.75) is 19.4 Å². The molecule has 0 spiro atoms. The number of fused-ring (bicyclic) bond motifs is 1. The first-order chi connectivity index (χ1) is 12.0. The standard InChI is InChI=1S/C19H16ClNO4/c1-2-14(19(23)24)21-15-11-13(20)8-9-16(15)25-17(18(21)22)10-12-6-4-3-5-7-12/h3-11,14H,2H2,1H3,(H,23,24)/b17-10+. The van der Waals surface area contributed by atoms with E-state index in [1.165, 1.54) is 4.90 Å². The third kappa shape index (κ3) is 3.37. The summed E-state index contributed by atoms with van der Waals surface area (Å²) >= 11 is 6.03. The molecule has 25 heavy (non-hydrogen) atoms. The summed E-state index contributed by atoms with van der Waals surface area (Å²) in [5.41, 5.74) is 1.14. The van der Waals surface area contributed by atoms with Crippen LogP contribution in [0.2, 0.25) is 5.02 Å². The SMILES string of the molecule is CCC(C(=O)O)N1C(=O)/C(=C\c2ccccc2)Oc2ccc(Cl)cc21. The number of rotatable bonds is 4. The summed E-state index contributed by atoms with van der Waals surface area (Å²) < 4.78 is 5.73. The molecule has 1 aliphatic rings. The van der Waals surface area contributed by atoms with Gasteiger partial charge in [-0.2, -0.15) is 0 Å². The number of carboxylic acids is 1. The highest BCUT2D eigenvalue weighted by Crippen LogP contribution is 2.39. The van der Waals surface area contributed by atoms with Gasteiger partial charge in [0.25, 0.3) is 5.91 Å². The summed E-state index contributed by atoms with van der Waals surface area (Å²) in [6.45, 7) is 1.71. The van der Waals surface area contributed by atoms with Crippen LogP contribution < -0.4 is 9.64 Å². The smallest absolute Gasteiger partial charge is 0.326 e. The lowest BCUT2D eigenvalue weighted by atomic mass is 10.1. The Balaban J connectivity index is 2.12. The summed E-state index contributed by atoms with van der Waals surface area (Å²) in [5.74, 6) is -1.12. The van der Waals surface area contributed by atoms with Gasteiger partial charge < -0.3 is 9.84 Å². The van der Waals surface area contributed by atoms with E-state index in [4.69, 9.17) is 16.3 Å². The molecular formula is C19H16ClNO4. The highest BCUT2D eigenvalue weighted by Gasteiger charge is 2.38. The molecule has 1 heterocycles. The molecule has 0 aromatic heterocycles. The van der Waals surface area contributed by atoms with Crippen LogP contribution in [0, 0.1) is 0 Å². The Hall–Kier alpha value is -2.79. The Bertz CT molecular complexity index is 848. The van der Waals surface area contributed by atoms with Crippen LogP contribution in [0.15, 0.2) is 54.3 Å². The molecule has 1 unspecified atom stereocenters. The van der Waals surface area contributed by atoms with E-state index in [1.807, 2.05) is 30.3 Å². The number of hydrogen-bond acceptors (Lipinski definition) is 3. The maximum Gasteiger partial charge on any atom is 0.326 e. The van der Waals surface area contributed by atoms with Crippen LogP contribution in [0.25, 0.3) is 6.08 Å². The minimum absolute atomic E-state index is 0.0701. The molecule has 6 heteroatoms. The summed E-state index contributed by atoms with van der Waals surface area (Å²) in [7, 11) is 0. The highest BCUT2D eigenvalue weighted by atomic mass is 35.5.